The summed E-state index contributed by atoms with van der Waals surface area (Å²) in [7, 11) is 0. The molecule has 0 spiro atoms. The Kier molecular flexibility index (Phi) is 5.62. The maximum Gasteiger partial charge on any atom is 0.138 e. The van der Waals surface area contributed by atoms with Crippen LogP contribution in [0.25, 0.3) is 0 Å². The summed E-state index contributed by atoms with van der Waals surface area (Å²) in [6, 6.07) is 15.5. The van der Waals surface area contributed by atoms with Gasteiger partial charge in [0, 0.05) is 49.5 Å². The molecule has 0 saturated carbocycles. The predicted molar refractivity (Wildman–Crippen MR) is 112 cm³/mol. The zero-order valence-corrected chi connectivity index (χ0v) is 16.6. The van der Waals surface area contributed by atoms with E-state index in [1.54, 1.807) is 17.4 Å². The minimum absolute atomic E-state index is 0.359. The van der Waals surface area contributed by atoms with Gasteiger partial charge in [0.15, 0.2) is 0 Å². The van der Waals surface area contributed by atoms with Gasteiger partial charge in [-0.3, -0.25) is 4.90 Å². The Morgan fingerprint density at radius 1 is 1.00 bits per heavy atom. The fourth-order valence-corrected chi connectivity index (χ4v) is 4.33. The Balaban J connectivity index is 1.31. The quantitative estimate of drug-likeness (QED) is 0.689. The van der Waals surface area contributed by atoms with Crippen LogP contribution in [0.3, 0.4) is 0 Å². The number of para-hydroxylation sites is 2. The summed E-state index contributed by atoms with van der Waals surface area (Å²) in [5, 5.41) is 14.1. The van der Waals surface area contributed by atoms with E-state index >= 15 is 0 Å². The molecule has 0 radical (unpaired) electrons. The van der Waals surface area contributed by atoms with Gasteiger partial charge >= 0.3 is 0 Å². The topological polar surface area (TPSA) is 39.6 Å². The standard InChI is InChI=1S/C21H22ClN3OS/c22-17-7-5-16(6-8-17)13-21-23-18(15-27-21)14-24-9-11-25(12-10-24)19-3-1-2-4-20(19)26/h1-8,15,26H,9-14H2. The maximum absolute atomic E-state index is 10.0. The largest absolute Gasteiger partial charge is 0.506 e. The summed E-state index contributed by atoms with van der Waals surface area (Å²) >= 11 is 7.67. The third-order valence-electron chi connectivity index (χ3n) is 4.85. The van der Waals surface area contributed by atoms with E-state index in [-0.39, 0.29) is 0 Å². The number of aromatic nitrogens is 1. The first-order chi connectivity index (χ1) is 13.2. The first-order valence-electron chi connectivity index (χ1n) is 9.10. The molecule has 2 aromatic carbocycles. The van der Waals surface area contributed by atoms with Crippen LogP contribution in [-0.4, -0.2) is 41.2 Å². The number of aromatic hydroxyl groups is 1. The lowest BCUT2D eigenvalue weighted by Gasteiger charge is -2.36. The van der Waals surface area contributed by atoms with E-state index in [4.69, 9.17) is 16.6 Å². The monoisotopic (exact) mass is 399 g/mol. The molecule has 1 saturated heterocycles. The molecule has 4 nitrogen and oxygen atoms in total. The molecule has 1 N–H and O–H groups in total. The van der Waals surface area contributed by atoms with Gasteiger partial charge in [0.05, 0.1) is 16.4 Å². The van der Waals surface area contributed by atoms with Gasteiger partial charge in [-0.05, 0) is 29.8 Å². The number of piperazine rings is 1. The van der Waals surface area contributed by atoms with Crippen molar-refractivity contribution in [3.8, 4) is 5.75 Å². The third-order valence-corrected chi connectivity index (χ3v) is 6.00. The fourth-order valence-electron chi connectivity index (χ4n) is 3.39. The van der Waals surface area contributed by atoms with E-state index < -0.39 is 0 Å². The summed E-state index contributed by atoms with van der Waals surface area (Å²) in [6.07, 6.45) is 0.850. The van der Waals surface area contributed by atoms with Gasteiger partial charge in [0.25, 0.3) is 0 Å². The Labute approximate surface area is 168 Å². The normalized spacial score (nSPS) is 15.2. The number of phenolic OH excluding ortho intramolecular Hbond substituents is 1. The lowest BCUT2D eigenvalue weighted by molar-refractivity contribution is 0.247. The van der Waals surface area contributed by atoms with Crippen LogP contribution in [0.4, 0.5) is 5.69 Å². The van der Waals surface area contributed by atoms with Gasteiger partial charge in [-0.2, -0.15) is 0 Å². The summed E-state index contributed by atoms with van der Waals surface area (Å²) in [4.78, 5) is 9.48. The van der Waals surface area contributed by atoms with Gasteiger partial charge in [-0.1, -0.05) is 35.9 Å². The Bertz CT molecular complexity index is 888. The minimum Gasteiger partial charge on any atom is -0.506 e. The Morgan fingerprint density at radius 3 is 2.48 bits per heavy atom. The van der Waals surface area contributed by atoms with E-state index in [0.717, 1.165) is 60.6 Å². The van der Waals surface area contributed by atoms with Crippen LogP contribution in [0.1, 0.15) is 16.3 Å². The van der Waals surface area contributed by atoms with Crippen molar-refractivity contribution in [3.63, 3.8) is 0 Å². The van der Waals surface area contributed by atoms with Crippen LogP contribution in [0, 0.1) is 0 Å². The summed E-state index contributed by atoms with van der Waals surface area (Å²) in [5.41, 5.74) is 3.30. The highest BCUT2D eigenvalue weighted by molar-refractivity contribution is 7.09. The average Bonchev–Trinajstić information content (AvgIpc) is 3.12. The van der Waals surface area contributed by atoms with Crippen molar-refractivity contribution in [2.24, 2.45) is 0 Å². The van der Waals surface area contributed by atoms with Gasteiger partial charge in [-0.15, -0.1) is 11.3 Å². The molecule has 0 bridgehead atoms. The lowest BCUT2D eigenvalue weighted by atomic mass is 10.2. The van der Waals surface area contributed by atoms with Gasteiger partial charge in [-0.25, -0.2) is 4.98 Å². The van der Waals surface area contributed by atoms with E-state index in [9.17, 15) is 5.11 Å². The average molecular weight is 400 g/mol. The zero-order chi connectivity index (χ0) is 18.6. The van der Waals surface area contributed by atoms with Crippen molar-refractivity contribution in [1.29, 1.82) is 0 Å². The van der Waals surface area contributed by atoms with Crippen molar-refractivity contribution in [2.45, 2.75) is 13.0 Å². The van der Waals surface area contributed by atoms with E-state index in [2.05, 4.69) is 27.3 Å². The maximum atomic E-state index is 10.0. The second kappa shape index (κ2) is 8.30. The second-order valence-electron chi connectivity index (χ2n) is 6.79. The molecule has 1 aromatic heterocycles. The number of hydrogen-bond acceptors (Lipinski definition) is 5. The lowest BCUT2D eigenvalue weighted by Crippen LogP contribution is -2.46. The number of phenols is 1. The van der Waals surface area contributed by atoms with Crippen molar-refractivity contribution in [2.75, 3.05) is 31.1 Å². The number of nitrogens with zero attached hydrogens (tertiary/aromatic N) is 3. The van der Waals surface area contributed by atoms with E-state index in [1.165, 1.54) is 5.56 Å². The van der Waals surface area contributed by atoms with Crippen LogP contribution < -0.4 is 4.90 Å². The summed E-state index contributed by atoms with van der Waals surface area (Å²) in [6.45, 7) is 4.65. The Hall–Kier alpha value is -2.08. The number of thiazole rings is 1. The Morgan fingerprint density at radius 2 is 1.74 bits per heavy atom. The van der Waals surface area contributed by atoms with Gasteiger partial charge in [0.2, 0.25) is 0 Å². The van der Waals surface area contributed by atoms with Crippen LogP contribution in [0.15, 0.2) is 53.9 Å². The molecule has 0 unspecified atom stereocenters. The van der Waals surface area contributed by atoms with Crippen LogP contribution >= 0.6 is 22.9 Å². The summed E-state index contributed by atoms with van der Waals surface area (Å²) in [5.74, 6) is 0.359. The van der Waals surface area contributed by atoms with Crippen molar-refractivity contribution < 1.29 is 5.11 Å². The van der Waals surface area contributed by atoms with Crippen molar-refractivity contribution in [3.05, 3.63) is 75.2 Å². The van der Waals surface area contributed by atoms with Gasteiger partial charge in [0.1, 0.15) is 5.75 Å². The molecule has 3 aromatic rings. The molecule has 0 aliphatic carbocycles. The second-order valence-corrected chi connectivity index (χ2v) is 8.17. The van der Waals surface area contributed by atoms with Crippen molar-refractivity contribution in [1.82, 2.24) is 9.88 Å². The minimum atomic E-state index is 0.359. The van der Waals surface area contributed by atoms with Crippen LogP contribution in [-0.2, 0) is 13.0 Å². The number of halogens is 1. The van der Waals surface area contributed by atoms with Crippen molar-refractivity contribution >= 4 is 28.6 Å². The molecule has 6 heteroatoms. The smallest absolute Gasteiger partial charge is 0.138 e. The fraction of sp³-hybridized carbons (Fsp3) is 0.286. The number of anilines is 1. The molecular weight excluding hydrogens is 378 g/mol. The molecular formula is C21H22ClN3OS. The van der Waals surface area contributed by atoms with Crippen LogP contribution in [0.2, 0.25) is 5.02 Å². The molecule has 1 aliphatic heterocycles. The molecule has 4 rings (SSSR count). The molecule has 1 aliphatic rings. The highest BCUT2D eigenvalue weighted by Gasteiger charge is 2.19. The van der Waals surface area contributed by atoms with E-state index in [0.29, 0.717) is 5.75 Å². The number of benzene rings is 2. The number of hydrogen-bond donors (Lipinski definition) is 1. The number of rotatable bonds is 5. The highest BCUT2D eigenvalue weighted by Crippen LogP contribution is 2.27. The first kappa shape index (κ1) is 18.3. The predicted octanol–water partition coefficient (Wildman–Crippen LogP) is 4.42. The third kappa shape index (κ3) is 4.61. The van der Waals surface area contributed by atoms with E-state index in [1.807, 2.05) is 30.3 Å². The summed E-state index contributed by atoms with van der Waals surface area (Å²) < 4.78 is 0. The highest BCUT2D eigenvalue weighted by atomic mass is 35.5. The SMILES string of the molecule is Oc1ccccc1N1CCN(Cc2csc(Cc3ccc(Cl)cc3)n2)CC1. The molecule has 2 heterocycles. The molecule has 140 valence electrons. The molecule has 27 heavy (non-hydrogen) atoms. The first-order valence-corrected chi connectivity index (χ1v) is 10.4. The van der Waals surface area contributed by atoms with Gasteiger partial charge < -0.3 is 10.0 Å². The molecule has 0 amide bonds. The molecule has 1 fully saturated rings. The van der Waals surface area contributed by atoms with Crippen LogP contribution in [0.5, 0.6) is 5.75 Å². The zero-order valence-electron chi connectivity index (χ0n) is 15.0. The molecule has 0 atom stereocenters.